The first kappa shape index (κ1) is 19.7. The zero-order valence-corrected chi connectivity index (χ0v) is 17.6. The molecule has 2 aromatic rings. The van der Waals surface area contributed by atoms with Gasteiger partial charge in [-0.25, -0.2) is 0 Å². The topological polar surface area (TPSA) is 55.8 Å². The van der Waals surface area contributed by atoms with Crippen LogP contribution in [0, 0.1) is 0 Å². The number of hydrogen-bond acceptors (Lipinski definition) is 5. The molecule has 1 fully saturated rings. The number of nitrogens with one attached hydrogen (secondary N) is 2. The summed E-state index contributed by atoms with van der Waals surface area (Å²) in [6.07, 6.45) is 4.32. The Hall–Kier alpha value is -2.64. The molecule has 3 heterocycles. The van der Waals surface area contributed by atoms with Crippen LogP contribution in [0.5, 0.6) is 0 Å². The van der Waals surface area contributed by atoms with E-state index in [0.717, 1.165) is 61.8 Å². The Morgan fingerprint density at radius 3 is 2.69 bits per heavy atom. The molecule has 2 aliphatic rings. The van der Waals surface area contributed by atoms with Crippen molar-refractivity contribution in [3.63, 3.8) is 0 Å². The van der Waals surface area contributed by atoms with Gasteiger partial charge in [-0.05, 0) is 36.0 Å². The lowest BCUT2D eigenvalue weighted by Gasteiger charge is -2.37. The van der Waals surface area contributed by atoms with Gasteiger partial charge in [-0.3, -0.25) is 10.4 Å². The minimum Gasteiger partial charge on any atom is -0.382 e. The van der Waals surface area contributed by atoms with Gasteiger partial charge in [-0.2, -0.15) is 5.10 Å². The lowest BCUT2D eigenvalue weighted by molar-refractivity contribution is 0.381. The summed E-state index contributed by atoms with van der Waals surface area (Å²) in [6, 6.07) is 10.2. The van der Waals surface area contributed by atoms with Gasteiger partial charge in [0.05, 0.1) is 16.4 Å². The monoisotopic (exact) mass is 426 g/mol. The van der Waals surface area contributed by atoms with Gasteiger partial charge in [0.15, 0.2) is 5.11 Å². The first-order chi connectivity index (χ1) is 14.2. The van der Waals surface area contributed by atoms with E-state index < -0.39 is 0 Å². The summed E-state index contributed by atoms with van der Waals surface area (Å²) >= 11 is 11.8. The summed E-state index contributed by atoms with van der Waals surface area (Å²) in [6.45, 7) is 8.10. The fraction of sp³-hybridized carbons (Fsp3) is 0.286. The Balaban J connectivity index is 1.35. The van der Waals surface area contributed by atoms with Crippen LogP contribution in [0.15, 0.2) is 48.2 Å². The van der Waals surface area contributed by atoms with E-state index in [9.17, 15) is 0 Å². The van der Waals surface area contributed by atoms with Crippen LogP contribution in [0.2, 0.25) is 5.02 Å². The van der Waals surface area contributed by atoms with Crippen LogP contribution in [0.1, 0.15) is 17.7 Å². The molecular weight excluding hydrogens is 404 g/mol. The molecule has 0 radical (unpaired) electrons. The van der Waals surface area contributed by atoms with Gasteiger partial charge >= 0.3 is 0 Å². The fourth-order valence-electron chi connectivity index (χ4n) is 3.53. The number of hydrazone groups is 1. The summed E-state index contributed by atoms with van der Waals surface area (Å²) in [7, 11) is 0. The average Bonchev–Trinajstić information content (AvgIpc) is 2.78. The molecule has 0 aliphatic carbocycles. The van der Waals surface area contributed by atoms with Gasteiger partial charge in [0, 0.05) is 51.0 Å². The van der Waals surface area contributed by atoms with E-state index in [1.54, 1.807) is 12.3 Å². The van der Waals surface area contributed by atoms with E-state index in [0.29, 0.717) is 10.1 Å². The van der Waals surface area contributed by atoms with Crippen LogP contribution in [-0.4, -0.2) is 53.4 Å². The summed E-state index contributed by atoms with van der Waals surface area (Å²) in [4.78, 5) is 8.94. The zero-order chi connectivity index (χ0) is 20.2. The number of piperazine rings is 1. The second-order valence-electron chi connectivity index (χ2n) is 6.94. The maximum atomic E-state index is 6.25. The van der Waals surface area contributed by atoms with Gasteiger partial charge in [0.2, 0.25) is 0 Å². The molecule has 0 bridgehead atoms. The number of nitrogens with zero attached hydrogens (tertiary/aromatic N) is 4. The van der Waals surface area contributed by atoms with Crippen LogP contribution >= 0.6 is 23.8 Å². The SMILES string of the molecule is C=Cc1ccc(N2CCN(C(=S)N/N=C3/CCNc4c(Cl)ccnc43)CC2)cc1. The maximum Gasteiger partial charge on any atom is 0.189 e. The molecule has 0 unspecified atom stereocenters. The van der Waals surface area contributed by atoms with Crippen LogP contribution in [-0.2, 0) is 0 Å². The third-order valence-electron chi connectivity index (χ3n) is 5.18. The number of benzene rings is 1. The van der Waals surface area contributed by atoms with Crippen molar-refractivity contribution in [3.05, 3.63) is 59.4 Å². The molecule has 6 nitrogen and oxygen atoms in total. The van der Waals surface area contributed by atoms with Crippen molar-refractivity contribution in [3.8, 4) is 0 Å². The van der Waals surface area contributed by atoms with E-state index >= 15 is 0 Å². The van der Waals surface area contributed by atoms with Crippen molar-refractivity contribution in [2.45, 2.75) is 6.42 Å². The number of hydrogen-bond donors (Lipinski definition) is 2. The van der Waals surface area contributed by atoms with Gasteiger partial charge in [-0.15, -0.1) is 0 Å². The maximum absolute atomic E-state index is 6.25. The highest BCUT2D eigenvalue weighted by molar-refractivity contribution is 7.80. The number of anilines is 2. The largest absolute Gasteiger partial charge is 0.382 e. The average molecular weight is 427 g/mol. The van der Waals surface area contributed by atoms with E-state index in [4.69, 9.17) is 23.8 Å². The van der Waals surface area contributed by atoms with Gasteiger partial charge in [0.1, 0.15) is 5.69 Å². The fourth-order valence-corrected chi connectivity index (χ4v) is 3.97. The van der Waals surface area contributed by atoms with Crippen molar-refractivity contribution in [1.82, 2.24) is 15.3 Å². The van der Waals surface area contributed by atoms with Gasteiger partial charge in [0.25, 0.3) is 0 Å². The molecule has 0 atom stereocenters. The van der Waals surface area contributed by atoms with Crippen molar-refractivity contribution < 1.29 is 0 Å². The molecule has 8 heteroatoms. The summed E-state index contributed by atoms with van der Waals surface area (Å²) < 4.78 is 0. The molecule has 1 aromatic heterocycles. The molecule has 2 N–H and O–H groups in total. The lowest BCUT2D eigenvalue weighted by Crippen LogP contribution is -2.51. The molecule has 150 valence electrons. The van der Waals surface area contributed by atoms with E-state index in [1.165, 1.54) is 5.69 Å². The highest BCUT2D eigenvalue weighted by atomic mass is 35.5. The molecule has 0 spiro atoms. The summed E-state index contributed by atoms with van der Waals surface area (Å²) in [5.74, 6) is 0. The number of rotatable bonds is 3. The smallest absolute Gasteiger partial charge is 0.189 e. The van der Waals surface area contributed by atoms with Gasteiger partial charge in [-0.1, -0.05) is 36.4 Å². The second-order valence-corrected chi connectivity index (χ2v) is 7.73. The highest BCUT2D eigenvalue weighted by Crippen LogP contribution is 2.28. The summed E-state index contributed by atoms with van der Waals surface area (Å²) in [5, 5.41) is 9.11. The summed E-state index contributed by atoms with van der Waals surface area (Å²) in [5.41, 5.74) is 7.90. The minimum atomic E-state index is 0.640. The van der Waals surface area contributed by atoms with Crippen molar-refractivity contribution in [2.24, 2.45) is 5.10 Å². The number of fused-ring (bicyclic) bond motifs is 1. The second kappa shape index (κ2) is 8.80. The third kappa shape index (κ3) is 4.36. The van der Waals surface area contributed by atoms with Gasteiger partial charge < -0.3 is 15.1 Å². The number of aromatic nitrogens is 1. The Bertz CT molecular complexity index is 935. The molecule has 4 rings (SSSR count). The number of pyridine rings is 1. The Morgan fingerprint density at radius 2 is 1.97 bits per heavy atom. The predicted octanol–water partition coefficient (Wildman–Crippen LogP) is 3.59. The Labute approximate surface area is 181 Å². The predicted molar refractivity (Wildman–Crippen MR) is 125 cm³/mol. The Kier molecular flexibility index (Phi) is 5.97. The number of thiocarbonyl (C=S) groups is 1. The first-order valence-electron chi connectivity index (χ1n) is 9.63. The Morgan fingerprint density at radius 1 is 1.21 bits per heavy atom. The van der Waals surface area contributed by atoms with Crippen molar-refractivity contribution >= 4 is 52.1 Å². The van der Waals surface area contributed by atoms with Crippen LogP contribution in [0.4, 0.5) is 11.4 Å². The zero-order valence-electron chi connectivity index (χ0n) is 16.1. The molecule has 0 saturated carbocycles. The minimum absolute atomic E-state index is 0.640. The normalized spacial score (nSPS) is 17.5. The number of halogens is 1. The molecule has 1 aromatic carbocycles. The standard InChI is InChI=1S/C21H23ClN6S/c1-2-15-3-5-16(6-4-15)27-11-13-28(14-12-27)21(29)26-25-18-8-10-23-19-17(22)7-9-24-20(18)19/h2-7,9,23H,1,8,10-14H2,(H,26,29)/b25-18-. The lowest BCUT2D eigenvalue weighted by atomic mass is 10.1. The highest BCUT2D eigenvalue weighted by Gasteiger charge is 2.21. The van der Waals surface area contributed by atoms with Crippen molar-refractivity contribution in [1.29, 1.82) is 0 Å². The molecule has 29 heavy (non-hydrogen) atoms. The molecule has 0 amide bonds. The van der Waals surface area contributed by atoms with E-state index in [-0.39, 0.29) is 0 Å². The van der Waals surface area contributed by atoms with E-state index in [2.05, 4.69) is 61.5 Å². The molecular formula is C21H23ClN6S. The molecule has 2 aliphatic heterocycles. The first-order valence-corrected chi connectivity index (χ1v) is 10.4. The van der Waals surface area contributed by atoms with Crippen LogP contribution < -0.4 is 15.6 Å². The quantitative estimate of drug-likeness (QED) is 0.577. The van der Waals surface area contributed by atoms with Crippen LogP contribution in [0.3, 0.4) is 0 Å². The van der Waals surface area contributed by atoms with Crippen LogP contribution in [0.25, 0.3) is 6.08 Å². The van der Waals surface area contributed by atoms with Crippen molar-refractivity contribution in [2.75, 3.05) is 42.9 Å². The third-order valence-corrected chi connectivity index (χ3v) is 5.85. The van der Waals surface area contributed by atoms with E-state index in [1.807, 2.05) is 6.08 Å². The molecule has 1 saturated heterocycles.